The molecule has 5 rings (SSSR count). The van der Waals surface area contributed by atoms with E-state index < -0.39 is 0 Å². The largest absolute Gasteiger partial charge is 0.393 e. The van der Waals surface area contributed by atoms with E-state index in [-0.39, 0.29) is 6.10 Å². The maximum atomic E-state index is 9.89. The van der Waals surface area contributed by atoms with Crippen molar-refractivity contribution in [1.29, 1.82) is 0 Å². The first-order chi connectivity index (χ1) is 17.2. The van der Waals surface area contributed by atoms with Crippen LogP contribution < -0.4 is 16.0 Å². The van der Waals surface area contributed by atoms with Crippen LogP contribution in [0.1, 0.15) is 83.1 Å². The minimum atomic E-state index is -0.171. The van der Waals surface area contributed by atoms with Gasteiger partial charge in [-0.05, 0) is 74.8 Å². The highest BCUT2D eigenvalue weighted by molar-refractivity contribution is 5.73. The molecule has 2 atom stereocenters. The van der Waals surface area contributed by atoms with Gasteiger partial charge in [-0.3, -0.25) is 4.98 Å². The smallest absolute Gasteiger partial charge is 0.224 e. The Labute approximate surface area is 210 Å². The van der Waals surface area contributed by atoms with Gasteiger partial charge >= 0.3 is 0 Å². The van der Waals surface area contributed by atoms with E-state index in [0.717, 1.165) is 80.5 Å². The first-order valence-electron chi connectivity index (χ1n) is 13.9. The third-order valence-corrected chi connectivity index (χ3v) is 8.22. The minimum Gasteiger partial charge on any atom is -0.393 e. The van der Waals surface area contributed by atoms with E-state index >= 15 is 0 Å². The van der Waals surface area contributed by atoms with Gasteiger partial charge < -0.3 is 21.1 Å². The fourth-order valence-electron chi connectivity index (χ4n) is 6.18. The van der Waals surface area contributed by atoms with Gasteiger partial charge in [0.05, 0.1) is 17.4 Å². The van der Waals surface area contributed by atoms with E-state index in [1.807, 2.05) is 12.4 Å². The van der Waals surface area contributed by atoms with Crippen LogP contribution in [0.5, 0.6) is 0 Å². The quantitative estimate of drug-likeness (QED) is 0.352. The number of nitrogens with one attached hydrogen (secondary N) is 3. The molecule has 0 amide bonds. The van der Waals surface area contributed by atoms with Gasteiger partial charge in [0.25, 0.3) is 0 Å². The van der Waals surface area contributed by atoms with Gasteiger partial charge in [0.1, 0.15) is 5.82 Å². The molecule has 0 spiro atoms. The van der Waals surface area contributed by atoms with Crippen molar-refractivity contribution in [2.24, 2.45) is 11.8 Å². The lowest BCUT2D eigenvalue weighted by molar-refractivity contribution is 0.126. The molecule has 7 nitrogen and oxygen atoms in total. The lowest BCUT2D eigenvalue weighted by Crippen LogP contribution is -2.34. The molecular formula is C28H42N6O. The van der Waals surface area contributed by atoms with Crippen LogP contribution in [0.25, 0.3) is 11.3 Å². The molecule has 0 aromatic carbocycles. The summed E-state index contributed by atoms with van der Waals surface area (Å²) in [5, 5.41) is 20.7. The Kier molecular flexibility index (Phi) is 8.14. The first-order valence-corrected chi connectivity index (χ1v) is 13.9. The summed E-state index contributed by atoms with van der Waals surface area (Å²) < 4.78 is 0. The van der Waals surface area contributed by atoms with Crippen LogP contribution in [0.15, 0.2) is 24.5 Å². The summed E-state index contributed by atoms with van der Waals surface area (Å²) in [5.74, 6) is 3.38. The van der Waals surface area contributed by atoms with E-state index in [9.17, 15) is 5.11 Å². The number of rotatable bonds is 10. The summed E-state index contributed by atoms with van der Waals surface area (Å²) in [6, 6.07) is 5.25. The number of aromatic nitrogens is 3. The van der Waals surface area contributed by atoms with Crippen molar-refractivity contribution >= 4 is 11.8 Å². The van der Waals surface area contributed by atoms with Crippen LogP contribution in [0.4, 0.5) is 11.8 Å². The summed E-state index contributed by atoms with van der Waals surface area (Å²) in [7, 11) is 0. The molecule has 3 fully saturated rings. The second-order valence-electron chi connectivity index (χ2n) is 11.0. The van der Waals surface area contributed by atoms with Gasteiger partial charge in [0, 0.05) is 37.6 Å². The molecule has 2 heterocycles. The highest BCUT2D eigenvalue weighted by Gasteiger charge is 2.33. The number of pyridine rings is 1. The topological polar surface area (TPSA) is 95.0 Å². The molecular weight excluding hydrogens is 436 g/mol. The Hall–Kier alpha value is -2.25. The normalized spacial score (nSPS) is 28.1. The van der Waals surface area contributed by atoms with Gasteiger partial charge in [-0.15, -0.1) is 0 Å². The number of nitrogens with zero attached hydrogens (tertiary/aromatic N) is 3. The zero-order valence-electron chi connectivity index (χ0n) is 21.2. The van der Waals surface area contributed by atoms with Gasteiger partial charge in [-0.2, -0.15) is 4.98 Å². The van der Waals surface area contributed by atoms with Gasteiger partial charge in [-0.1, -0.05) is 32.3 Å². The molecule has 2 aromatic rings. The van der Waals surface area contributed by atoms with Crippen LogP contribution in [0.3, 0.4) is 0 Å². The Morgan fingerprint density at radius 2 is 1.71 bits per heavy atom. The van der Waals surface area contributed by atoms with E-state index in [1.165, 1.54) is 37.7 Å². The van der Waals surface area contributed by atoms with E-state index in [1.54, 1.807) is 0 Å². The number of hydrogen-bond donors (Lipinski definition) is 4. The van der Waals surface area contributed by atoms with E-state index in [4.69, 9.17) is 9.97 Å². The third-order valence-electron chi connectivity index (χ3n) is 8.22. The molecule has 2 bridgehead atoms. The van der Waals surface area contributed by atoms with Gasteiger partial charge in [0.15, 0.2) is 0 Å². The average molecular weight is 479 g/mol. The Morgan fingerprint density at radius 3 is 2.43 bits per heavy atom. The highest BCUT2D eigenvalue weighted by Crippen LogP contribution is 2.42. The van der Waals surface area contributed by atoms with Crippen LogP contribution in [-0.2, 0) is 6.54 Å². The highest BCUT2D eigenvalue weighted by atomic mass is 16.3. The van der Waals surface area contributed by atoms with Crippen LogP contribution in [0.2, 0.25) is 0 Å². The lowest BCUT2D eigenvalue weighted by Gasteiger charge is -2.28. The number of hydrogen-bond acceptors (Lipinski definition) is 7. The molecule has 3 aliphatic rings. The molecule has 4 N–H and O–H groups in total. The molecule has 190 valence electrons. The number of fused-ring (bicyclic) bond motifs is 2. The molecule has 0 saturated heterocycles. The molecule has 0 radical (unpaired) electrons. The SMILES string of the molecule is CCCCNc1ncc(-c2ccc(CNC3CC4CCC(C4)C3)cn2)c(N[C@H]2CC[C@H](O)CC2)n1. The van der Waals surface area contributed by atoms with Crippen molar-refractivity contribution in [2.75, 3.05) is 17.2 Å². The summed E-state index contributed by atoms with van der Waals surface area (Å²) in [6.45, 7) is 3.93. The van der Waals surface area contributed by atoms with Crippen molar-refractivity contribution in [3.8, 4) is 11.3 Å². The molecule has 7 heteroatoms. The van der Waals surface area contributed by atoms with Crippen LogP contribution >= 0.6 is 0 Å². The van der Waals surface area contributed by atoms with E-state index in [2.05, 4.69) is 40.0 Å². The summed E-state index contributed by atoms with van der Waals surface area (Å²) in [6.07, 6.45) is 16.5. The zero-order chi connectivity index (χ0) is 24.0. The summed E-state index contributed by atoms with van der Waals surface area (Å²) in [5.41, 5.74) is 3.05. The minimum absolute atomic E-state index is 0.171. The maximum absolute atomic E-state index is 9.89. The molecule has 2 unspecified atom stereocenters. The summed E-state index contributed by atoms with van der Waals surface area (Å²) >= 11 is 0. The van der Waals surface area contributed by atoms with Crippen molar-refractivity contribution in [3.63, 3.8) is 0 Å². The van der Waals surface area contributed by atoms with E-state index in [0.29, 0.717) is 18.0 Å². The van der Waals surface area contributed by atoms with Crippen molar-refractivity contribution in [2.45, 2.75) is 102 Å². The average Bonchev–Trinajstić information content (AvgIpc) is 3.22. The maximum Gasteiger partial charge on any atom is 0.224 e. The van der Waals surface area contributed by atoms with Crippen molar-refractivity contribution < 1.29 is 5.11 Å². The third kappa shape index (κ3) is 6.50. The number of anilines is 2. The fourth-order valence-corrected chi connectivity index (χ4v) is 6.18. The van der Waals surface area contributed by atoms with Crippen molar-refractivity contribution in [1.82, 2.24) is 20.3 Å². The zero-order valence-corrected chi connectivity index (χ0v) is 21.2. The van der Waals surface area contributed by atoms with Gasteiger partial charge in [-0.25, -0.2) is 4.98 Å². The Bertz CT molecular complexity index is 931. The Balaban J connectivity index is 1.26. The van der Waals surface area contributed by atoms with Crippen LogP contribution in [0, 0.1) is 11.8 Å². The Morgan fingerprint density at radius 1 is 0.914 bits per heavy atom. The monoisotopic (exact) mass is 478 g/mol. The standard InChI is InChI=1S/C28H42N6O/c1-2-3-12-29-28-32-18-25(27(34-28)33-22-7-9-24(35)10-8-22)26-11-6-21(17-31-26)16-30-23-14-19-4-5-20(13-19)15-23/h6,11,17-20,22-24,30,35H,2-5,7-10,12-16H2,1H3,(H2,29,32,33,34)/t19?,20?,22-,23?,24-. The fraction of sp³-hybridized carbons (Fsp3) is 0.679. The second-order valence-corrected chi connectivity index (χ2v) is 11.0. The van der Waals surface area contributed by atoms with Crippen molar-refractivity contribution in [3.05, 3.63) is 30.1 Å². The van der Waals surface area contributed by atoms with Crippen LogP contribution in [-0.4, -0.2) is 44.8 Å². The first kappa shape index (κ1) is 24.4. The second kappa shape index (κ2) is 11.7. The lowest BCUT2D eigenvalue weighted by atomic mass is 9.85. The molecule has 3 saturated carbocycles. The molecule has 35 heavy (non-hydrogen) atoms. The number of aliphatic hydroxyl groups excluding tert-OH is 1. The predicted molar refractivity (Wildman–Crippen MR) is 141 cm³/mol. The van der Waals surface area contributed by atoms with Gasteiger partial charge in [0.2, 0.25) is 5.95 Å². The number of aliphatic hydroxyl groups is 1. The molecule has 3 aliphatic carbocycles. The predicted octanol–water partition coefficient (Wildman–Crippen LogP) is 5.13. The molecule has 0 aliphatic heterocycles. The summed E-state index contributed by atoms with van der Waals surface area (Å²) in [4.78, 5) is 14.2. The molecule has 2 aromatic heterocycles. The number of unbranched alkanes of at least 4 members (excludes halogenated alkanes) is 1.